The fraction of sp³-hybridized carbons (Fsp3) is 0. The van der Waals surface area contributed by atoms with Gasteiger partial charge in [-0.1, -0.05) is 24.3 Å². The van der Waals surface area contributed by atoms with E-state index < -0.39 is 0 Å². The van der Waals surface area contributed by atoms with Crippen molar-refractivity contribution < 1.29 is 5.48 Å². The average molecular weight is 249 g/mol. The van der Waals surface area contributed by atoms with Gasteiger partial charge in [0.15, 0.2) is 0 Å². The first kappa shape index (κ1) is 13.2. The molecule has 0 aliphatic carbocycles. The molecule has 0 aliphatic heterocycles. The van der Waals surface area contributed by atoms with Crippen LogP contribution in [0.2, 0.25) is 0 Å². The molecule has 0 radical (unpaired) electrons. The third-order valence-electron chi connectivity index (χ3n) is 2.54. The van der Waals surface area contributed by atoms with E-state index in [0.29, 0.717) is 0 Å². The Kier molecular flexibility index (Phi) is 3.89. The predicted octanol–water partition coefficient (Wildman–Crippen LogP) is 2.57. The van der Waals surface area contributed by atoms with Crippen LogP contribution in [0.5, 0.6) is 0 Å². The lowest BCUT2D eigenvalue weighted by Gasteiger charge is -2.01. The summed E-state index contributed by atoms with van der Waals surface area (Å²) in [7, 11) is 0. The van der Waals surface area contributed by atoms with Crippen molar-refractivity contribution in [3.05, 3.63) is 48.5 Å². The van der Waals surface area contributed by atoms with Gasteiger partial charge in [0, 0.05) is 16.5 Å². The zero-order valence-electron chi connectivity index (χ0n) is 9.05. The third kappa shape index (κ3) is 2.30. The van der Waals surface area contributed by atoms with Crippen LogP contribution >= 0.6 is 12.4 Å². The topological polar surface area (TPSA) is 70.4 Å². The second kappa shape index (κ2) is 4.99. The predicted molar refractivity (Wildman–Crippen MR) is 74.5 cm³/mol. The van der Waals surface area contributed by atoms with Crippen molar-refractivity contribution in [1.82, 2.24) is 4.98 Å². The number of nitrogens with two attached hydrogens (primary N) is 1. The summed E-state index contributed by atoms with van der Waals surface area (Å²) in [5, 5.41) is 2.29. The number of hydrogen-bond acceptors (Lipinski definition) is 2. The number of fused-ring (bicyclic) bond motifs is 2. The van der Waals surface area contributed by atoms with Crippen molar-refractivity contribution in [1.29, 1.82) is 0 Å². The van der Waals surface area contributed by atoms with Crippen molar-refractivity contribution in [2.45, 2.75) is 0 Å². The van der Waals surface area contributed by atoms with Gasteiger partial charge in [-0.25, -0.2) is 4.98 Å². The summed E-state index contributed by atoms with van der Waals surface area (Å²) >= 11 is 0. The van der Waals surface area contributed by atoms with Crippen LogP contribution in [0.25, 0.3) is 21.8 Å². The van der Waals surface area contributed by atoms with E-state index in [9.17, 15) is 0 Å². The van der Waals surface area contributed by atoms with E-state index in [2.05, 4.69) is 17.1 Å². The number of halogens is 1. The molecule has 0 spiro atoms. The molecule has 1 heterocycles. The van der Waals surface area contributed by atoms with Crippen LogP contribution in [0.15, 0.2) is 48.5 Å². The van der Waals surface area contributed by atoms with Gasteiger partial charge >= 0.3 is 0 Å². The molecule has 3 rings (SSSR count). The third-order valence-corrected chi connectivity index (χ3v) is 2.54. The van der Waals surface area contributed by atoms with Crippen LogP contribution < -0.4 is 5.73 Å². The minimum absolute atomic E-state index is 0. The summed E-state index contributed by atoms with van der Waals surface area (Å²) in [5.41, 5.74) is 8.45. The zero-order valence-corrected chi connectivity index (χ0v) is 9.87. The maximum Gasteiger partial charge on any atom is 0.0730 e. The van der Waals surface area contributed by atoms with E-state index in [4.69, 9.17) is 5.73 Å². The lowest BCUT2D eigenvalue weighted by Crippen LogP contribution is -1.86. The monoisotopic (exact) mass is 248 g/mol. The standard InChI is InChI=1S/C13H10N2.ClH.H2O/c14-11-6-5-10-7-9-3-1-2-4-12(9)15-13(10)8-11;;/h1-8H,14H2;1H;1H2. The van der Waals surface area contributed by atoms with Gasteiger partial charge in [0.25, 0.3) is 0 Å². The maximum absolute atomic E-state index is 5.73. The van der Waals surface area contributed by atoms with Gasteiger partial charge in [0.05, 0.1) is 11.0 Å². The number of benzene rings is 2. The van der Waals surface area contributed by atoms with Gasteiger partial charge in [0.2, 0.25) is 0 Å². The average Bonchev–Trinajstić information content (AvgIpc) is 2.26. The molecule has 0 amide bonds. The summed E-state index contributed by atoms with van der Waals surface area (Å²) in [6, 6.07) is 16.0. The molecule has 0 saturated carbocycles. The van der Waals surface area contributed by atoms with Crippen molar-refractivity contribution in [2.75, 3.05) is 5.73 Å². The maximum atomic E-state index is 5.73. The normalized spacial score (nSPS) is 9.65. The molecule has 0 saturated heterocycles. The SMILES string of the molecule is Cl.Nc1ccc2cc3ccccc3nc2c1.O. The Morgan fingerprint density at radius 2 is 1.53 bits per heavy atom. The molecular weight excluding hydrogens is 236 g/mol. The van der Waals surface area contributed by atoms with E-state index in [-0.39, 0.29) is 17.9 Å². The fourth-order valence-electron chi connectivity index (χ4n) is 1.79. The van der Waals surface area contributed by atoms with E-state index in [1.54, 1.807) is 0 Å². The van der Waals surface area contributed by atoms with Gasteiger partial charge in [-0.2, -0.15) is 0 Å². The molecule has 4 N–H and O–H groups in total. The van der Waals surface area contributed by atoms with Crippen molar-refractivity contribution in [3.63, 3.8) is 0 Å². The van der Waals surface area contributed by atoms with E-state index >= 15 is 0 Å². The second-order valence-electron chi connectivity index (χ2n) is 3.63. The van der Waals surface area contributed by atoms with Crippen LogP contribution in [0.4, 0.5) is 5.69 Å². The second-order valence-corrected chi connectivity index (χ2v) is 3.63. The molecule has 2 aromatic carbocycles. The molecule has 0 fully saturated rings. The zero-order chi connectivity index (χ0) is 10.3. The largest absolute Gasteiger partial charge is 0.412 e. The molecule has 0 bridgehead atoms. The number of nitrogens with zero attached hydrogens (tertiary/aromatic N) is 1. The molecule has 0 unspecified atom stereocenters. The van der Waals surface area contributed by atoms with Crippen molar-refractivity contribution in [3.8, 4) is 0 Å². The number of para-hydroxylation sites is 1. The number of hydrogen-bond donors (Lipinski definition) is 1. The molecular formula is C13H13ClN2O. The first-order valence-corrected chi connectivity index (χ1v) is 4.88. The first-order valence-electron chi connectivity index (χ1n) is 4.88. The fourth-order valence-corrected chi connectivity index (χ4v) is 1.79. The molecule has 3 aromatic rings. The minimum Gasteiger partial charge on any atom is -0.412 e. The summed E-state index contributed by atoms with van der Waals surface area (Å²) < 4.78 is 0. The van der Waals surface area contributed by atoms with Gasteiger partial charge in [-0.3, -0.25) is 0 Å². The summed E-state index contributed by atoms with van der Waals surface area (Å²) in [5.74, 6) is 0. The van der Waals surface area contributed by atoms with Crippen LogP contribution in [0, 0.1) is 0 Å². The highest BCUT2D eigenvalue weighted by Gasteiger charge is 1.98. The number of pyridine rings is 1. The summed E-state index contributed by atoms with van der Waals surface area (Å²) in [6.07, 6.45) is 0. The van der Waals surface area contributed by atoms with Crippen molar-refractivity contribution in [2.24, 2.45) is 0 Å². The molecule has 4 heteroatoms. The van der Waals surface area contributed by atoms with Gasteiger partial charge in [-0.15, -0.1) is 12.4 Å². The van der Waals surface area contributed by atoms with Gasteiger partial charge < -0.3 is 11.2 Å². The van der Waals surface area contributed by atoms with Gasteiger partial charge in [0.1, 0.15) is 0 Å². The van der Waals surface area contributed by atoms with E-state index in [1.807, 2.05) is 36.4 Å². The van der Waals surface area contributed by atoms with E-state index in [1.165, 1.54) is 0 Å². The Balaban J connectivity index is 0.000000722. The Labute approximate surface area is 105 Å². The minimum atomic E-state index is 0. The number of rotatable bonds is 0. The lowest BCUT2D eigenvalue weighted by molar-refractivity contribution is 0.824. The summed E-state index contributed by atoms with van der Waals surface area (Å²) in [6.45, 7) is 0. The lowest BCUT2D eigenvalue weighted by atomic mass is 10.1. The number of aromatic nitrogens is 1. The number of nitrogen functional groups attached to an aromatic ring is 1. The Bertz CT molecular complexity index is 655. The Hall–Kier alpha value is -1.84. The van der Waals surface area contributed by atoms with Crippen LogP contribution in [-0.4, -0.2) is 10.5 Å². The van der Waals surface area contributed by atoms with Crippen LogP contribution in [0.3, 0.4) is 0 Å². The van der Waals surface area contributed by atoms with Gasteiger partial charge in [-0.05, 0) is 24.3 Å². The van der Waals surface area contributed by atoms with Crippen molar-refractivity contribution >= 4 is 39.9 Å². The highest BCUT2D eigenvalue weighted by atomic mass is 35.5. The first-order chi connectivity index (χ1) is 7.33. The molecule has 0 aliphatic rings. The highest BCUT2D eigenvalue weighted by molar-refractivity contribution is 5.93. The molecule has 3 nitrogen and oxygen atoms in total. The highest BCUT2D eigenvalue weighted by Crippen LogP contribution is 2.20. The molecule has 88 valence electrons. The quantitative estimate of drug-likeness (QED) is 0.491. The Morgan fingerprint density at radius 3 is 2.35 bits per heavy atom. The number of anilines is 1. The van der Waals surface area contributed by atoms with E-state index in [0.717, 1.165) is 27.5 Å². The van der Waals surface area contributed by atoms with Crippen LogP contribution in [0.1, 0.15) is 0 Å². The molecule has 0 atom stereocenters. The molecule has 17 heavy (non-hydrogen) atoms. The summed E-state index contributed by atoms with van der Waals surface area (Å²) in [4.78, 5) is 4.56. The molecule has 1 aromatic heterocycles. The Morgan fingerprint density at radius 1 is 0.824 bits per heavy atom. The smallest absolute Gasteiger partial charge is 0.0730 e. The van der Waals surface area contributed by atoms with Crippen LogP contribution in [-0.2, 0) is 0 Å².